The molecule has 0 aromatic heterocycles. The minimum Gasteiger partial charge on any atom is -0.324 e. The van der Waals surface area contributed by atoms with Gasteiger partial charge in [-0.25, -0.2) is 0 Å². The Balaban J connectivity index is 2.81. The fraction of sp³-hybridized carbons (Fsp3) is 0.364. The molecule has 0 radical (unpaired) electrons. The van der Waals surface area contributed by atoms with Gasteiger partial charge in [0.25, 0.3) is 0 Å². The van der Waals surface area contributed by atoms with Gasteiger partial charge in [-0.15, -0.1) is 11.8 Å². The van der Waals surface area contributed by atoms with E-state index in [1.54, 1.807) is 11.8 Å². The molecular weight excluding hydrogens is 208 g/mol. The van der Waals surface area contributed by atoms with Crippen LogP contribution in [0.2, 0.25) is 0 Å². The number of carbonyl (C=O) groups is 1. The van der Waals surface area contributed by atoms with Crippen molar-refractivity contribution >= 4 is 23.4 Å². The Morgan fingerprint density at radius 3 is 2.73 bits per heavy atom. The van der Waals surface area contributed by atoms with Crippen LogP contribution in [0.25, 0.3) is 0 Å². The molecule has 15 heavy (non-hydrogen) atoms. The number of hydrogen-bond acceptors (Lipinski definition) is 3. The Labute approximate surface area is 94.4 Å². The van der Waals surface area contributed by atoms with Gasteiger partial charge in [0.05, 0.1) is 12.2 Å². The number of amides is 1. The van der Waals surface area contributed by atoms with Crippen LogP contribution >= 0.6 is 11.8 Å². The zero-order valence-corrected chi connectivity index (χ0v) is 9.80. The predicted octanol–water partition coefficient (Wildman–Crippen LogP) is 2.08. The molecule has 0 aliphatic rings. The van der Waals surface area contributed by atoms with Crippen LogP contribution in [0.3, 0.4) is 0 Å². The maximum absolute atomic E-state index is 11.2. The number of thioether (sulfide) groups is 1. The fourth-order valence-corrected chi connectivity index (χ4v) is 2.04. The number of nitrogens with two attached hydrogens (primary N) is 1. The number of nitrogens with one attached hydrogen (secondary N) is 1. The molecule has 3 nitrogen and oxygen atoms in total. The molecule has 3 N–H and O–H groups in total. The highest BCUT2D eigenvalue weighted by Gasteiger charge is 2.06. The van der Waals surface area contributed by atoms with E-state index in [4.69, 9.17) is 5.73 Å². The third kappa shape index (κ3) is 3.93. The molecule has 0 saturated carbocycles. The molecule has 0 bridgehead atoms. The van der Waals surface area contributed by atoms with Gasteiger partial charge >= 0.3 is 0 Å². The van der Waals surface area contributed by atoms with Gasteiger partial charge in [-0.05, 0) is 12.1 Å². The highest BCUT2D eigenvalue weighted by molar-refractivity contribution is 8.00. The van der Waals surface area contributed by atoms with Crippen molar-refractivity contribution in [1.82, 2.24) is 0 Å². The van der Waals surface area contributed by atoms with E-state index in [1.807, 2.05) is 24.3 Å². The van der Waals surface area contributed by atoms with E-state index in [1.165, 1.54) is 0 Å². The fourth-order valence-electron chi connectivity index (χ4n) is 1.13. The van der Waals surface area contributed by atoms with Crippen LogP contribution in [0.4, 0.5) is 5.69 Å². The summed E-state index contributed by atoms with van der Waals surface area (Å²) in [6, 6.07) is 7.74. The van der Waals surface area contributed by atoms with Crippen LogP contribution in [-0.2, 0) is 4.79 Å². The van der Waals surface area contributed by atoms with Crippen molar-refractivity contribution in [2.75, 3.05) is 11.9 Å². The molecule has 0 spiro atoms. The number of hydrogen-bond donors (Lipinski definition) is 2. The molecule has 0 heterocycles. The first kappa shape index (κ1) is 12.1. The first-order chi connectivity index (χ1) is 7.13. The van der Waals surface area contributed by atoms with Gasteiger partial charge in [0, 0.05) is 10.1 Å². The number of anilines is 1. The molecule has 1 amide bonds. The van der Waals surface area contributed by atoms with Gasteiger partial charge in [0.2, 0.25) is 5.91 Å². The van der Waals surface area contributed by atoms with Gasteiger partial charge in [-0.1, -0.05) is 26.0 Å². The minimum atomic E-state index is -0.160. The SMILES string of the molecule is CC(C)Sc1ccccc1NC(=O)CN. The predicted molar refractivity (Wildman–Crippen MR) is 65.1 cm³/mol. The third-order valence-electron chi connectivity index (χ3n) is 1.71. The average molecular weight is 224 g/mol. The summed E-state index contributed by atoms with van der Waals surface area (Å²) in [7, 11) is 0. The lowest BCUT2D eigenvalue weighted by atomic mass is 10.3. The lowest BCUT2D eigenvalue weighted by Crippen LogP contribution is -2.22. The van der Waals surface area contributed by atoms with E-state index in [2.05, 4.69) is 19.2 Å². The number of carbonyl (C=O) groups excluding carboxylic acids is 1. The first-order valence-corrected chi connectivity index (χ1v) is 5.77. The summed E-state index contributed by atoms with van der Waals surface area (Å²) in [5, 5.41) is 3.27. The van der Waals surface area contributed by atoms with Crippen LogP contribution < -0.4 is 11.1 Å². The standard InChI is InChI=1S/C11H16N2OS/c1-8(2)15-10-6-4-3-5-9(10)13-11(14)7-12/h3-6,8H,7,12H2,1-2H3,(H,13,14). The van der Waals surface area contributed by atoms with Crippen LogP contribution in [0.5, 0.6) is 0 Å². The molecule has 0 fully saturated rings. The lowest BCUT2D eigenvalue weighted by molar-refractivity contribution is -0.114. The molecule has 0 atom stereocenters. The Morgan fingerprint density at radius 1 is 1.47 bits per heavy atom. The summed E-state index contributed by atoms with van der Waals surface area (Å²) in [4.78, 5) is 12.3. The molecule has 4 heteroatoms. The molecular formula is C11H16N2OS. The van der Waals surface area contributed by atoms with Gasteiger partial charge in [0.15, 0.2) is 0 Å². The van der Waals surface area contributed by atoms with E-state index in [0.717, 1.165) is 10.6 Å². The third-order valence-corrected chi connectivity index (χ3v) is 2.79. The van der Waals surface area contributed by atoms with Crippen LogP contribution in [0.1, 0.15) is 13.8 Å². The first-order valence-electron chi connectivity index (χ1n) is 4.89. The highest BCUT2D eigenvalue weighted by atomic mass is 32.2. The van der Waals surface area contributed by atoms with Crippen molar-refractivity contribution in [2.45, 2.75) is 24.0 Å². The highest BCUT2D eigenvalue weighted by Crippen LogP contribution is 2.29. The largest absolute Gasteiger partial charge is 0.324 e. The molecule has 0 aliphatic heterocycles. The topological polar surface area (TPSA) is 55.1 Å². The van der Waals surface area contributed by atoms with E-state index in [-0.39, 0.29) is 12.5 Å². The Bertz CT molecular complexity index is 339. The van der Waals surface area contributed by atoms with Gasteiger partial charge in [-0.2, -0.15) is 0 Å². The lowest BCUT2D eigenvalue weighted by Gasteiger charge is -2.11. The molecule has 82 valence electrons. The second kappa shape index (κ2) is 5.78. The smallest absolute Gasteiger partial charge is 0.238 e. The quantitative estimate of drug-likeness (QED) is 0.770. The van der Waals surface area contributed by atoms with E-state index >= 15 is 0 Å². The zero-order chi connectivity index (χ0) is 11.3. The minimum absolute atomic E-state index is 0.0146. The van der Waals surface area contributed by atoms with E-state index in [9.17, 15) is 4.79 Å². The summed E-state index contributed by atoms with van der Waals surface area (Å²) < 4.78 is 0. The maximum atomic E-state index is 11.2. The second-order valence-corrected chi connectivity index (χ2v) is 5.03. The maximum Gasteiger partial charge on any atom is 0.238 e. The molecule has 0 saturated heterocycles. The van der Waals surface area contributed by atoms with Crippen LogP contribution in [0.15, 0.2) is 29.2 Å². The summed E-state index contributed by atoms with van der Waals surface area (Å²) in [5.41, 5.74) is 6.09. The Morgan fingerprint density at radius 2 is 2.13 bits per heavy atom. The number of rotatable bonds is 4. The van der Waals surface area contributed by atoms with Crippen molar-refractivity contribution in [1.29, 1.82) is 0 Å². The average Bonchev–Trinajstić information content (AvgIpc) is 2.20. The van der Waals surface area contributed by atoms with Gasteiger partial charge in [0.1, 0.15) is 0 Å². The summed E-state index contributed by atoms with van der Waals surface area (Å²) in [6.45, 7) is 4.25. The second-order valence-electron chi connectivity index (χ2n) is 3.42. The van der Waals surface area contributed by atoms with Gasteiger partial charge in [-0.3, -0.25) is 4.79 Å². The normalized spacial score (nSPS) is 10.4. The molecule has 1 rings (SSSR count). The monoisotopic (exact) mass is 224 g/mol. The van der Waals surface area contributed by atoms with Gasteiger partial charge < -0.3 is 11.1 Å². The number of benzene rings is 1. The molecule has 1 aromatic carbocycles. The van der Waals surface area contributed by atoms with Crippen LogP contribution in [0, 0.1) is 0 Å². The van der Waals surface area contributed by atoms with Crippen molar-refractivity contribution in [3.8, 4) is 0 Å². The summed E-state index contributed by atoms with van der Waals surface area (Å²) in [6.07, 6.45) is 0. The molecule has 0 unspecified atom stereocenters. The zero-order valence-electron chi connectivity index (χ0n) is 8.99. The summed E-state index contributed by atoms with van der Waals surface area (Å²) in [5.74, 6) is -0.160. The van der Waals surface area contributed by atoms with Crippen molar-refractivity contribution < 1.29 is 4.79 Å². The number of para-hydroxylation sites is 1. The van der Waals surface area contributed by atoms with Crippen molar-refractivity contribution in [2.24, 2.45) is 5.73 Å². The van der Waals surface area contributed by atoms with E-state index in [0.29, 0.717) is 5.25 Å². The van der Waals surface area contributed by atoms with Crippen LogP contribution in [-0.4, -0.2) is 17.7 Å². The molecule has 1 aromatic rings. The molecule has 0 aliphatic carbocycles. The Kier molecular flexibility index (Phi) is 4.65. The van der Waals surface area contributed by atoms with Crippen molar-refractivity contribution in [3.05, 3.63) is 24.3 Å². The van der Waals surface area contributed by atoms with E-state index < -0.39 is 0 Å². The van der Waals surface area contributed by atoms with Crippen molar-refractivity contribution in [3.63, 3.8) is 0 Å². The Hall–Kier alpha value is -1.00. The summed E-state index contributed by atoms with van der Waals surface area (Å²) >= 11 is 1.72.